The Labute approximate surface area is 113 Å². The molecule has 1 fully saturated rings. The van der Waals surface area contributed by atoms with Crippen molar-refractivity contribution in [2.45, 2.75) is 6.04 Å². The van der Waals surface area contributed by atoms with E-state index in [1.165, 1.54) is 16.2 Å². The average Bonchev–Trinajstić information content (AvgIpc) is 2.95. The summed E-state index contributed by atoms with van der Waals surface area (Å²) in [5.74, 6) is -1.84. The number of halogens is 1. The highest BCUT2D eigenvalue weighted by Crippen LogP contribution is 2.25. The monoisotopic (exact) mass is 289 g/mol. The summed E-state index contributed by atoms with van der Waals surface area (Å²) in [6.07, 6.45) is 0. The van der Waals surface area contributed by atoms with Crippen LogP contribution in [0.4, 0.5) is 0 Å². The number of nitrogens with zero attached hydrogens (tertiary/aromatic N) is 1. The number of carboxylic acids is 1. The smallest absolute Gasteiger partial charge is 0.311 e. The van der Waals surface area contributed by atoms with Crippen LogP contribution in [0.5, 0.6) is 0 Å². The zero-order valence-corrected chi connectivity index (χ0v) is 11.2. The van der Waals surface area contributed by atoms with E-state index >= 15 is 0 Å². The zero-order chi connectivity index (χ0) is 13.3. The first-order valence-corrected chi connectivity index (χ1v) is 6.53. The second-order valence-corrected chi connectivity index (χ2v) is 5.78. The van der Waals surface area contributed by atoms with Crippen molar-refractivity contribution in [3.63, 3.8) is 0 Å². The Kier molecular flexibility index (Phi) is 3.89. The van der Waals surface area contributed by atoms with E-state index in [0.717, 1.165) is 0 Å². The maximum atomic E-state index is 12.1. The van der Waals surface area contributed by atoms with Gasteiger partial charge in [0, 0.05) is 7.05 Å². The molecule has 7 heteroatoms. The van der Waals surface area contributed by atoms with E-state index < -0.39 is 17.9 Å². The molecular formula is C11H12ClNO4S. The number of ether oxygens (including phenoxy) is 1. The van der Waals surface area contributed by atoms with Crippen LogP contribution >= 0.6 is 22.9 Å². The number of hydrogen-bond acceptors (Lipinski definition) is 4. The van der Waals surface area contributed by atoms with Gasteiger partial charge in [0.2, 0.25) is 0 Å². The summed E-state index contributed by atoms with van der Waals surface area (Å²) >= 11 is 6.96. The van der Waals surface area contributed by atoms with Crippen LogP contribution in [0.25, 0.3) is 0 Å². The molecule has 0 spiro atoms. The van der Waals surface area contributed by atoms with Gasteiger partial charge in [-0.05, 0) is 12.1 Å². The molecule has 0 aromatic carbocycles. The van der Waals surface area contributed by atoms with Crippen LogP contribution in [-0.4, -0.2) is 48.2 Å². The SMILES string of the molecule is CN(C(=O)c1ccc(Cl)s1)C1COCC1C(=O)O. The van der Waals surface area contributed by atoms with Gasteiger partial charge in [-0.3, -0.25) is 9.59 Å². The molecule has 0 saturated carbocycles. The molecule has 2 atom stereocenters. The highest BCUT2D eigenvalue weighted by molar-refractivity contribution is 7.17. The van der Waals surface area contributed by atoms with Crippen molar-refractivity contribution in [2.75, 3.05) is 20.3 Å². The van der Waals surface area contributed by atoms with Crippen molar-refractivity contribution in [3.8, 4) is 0 Å². The van der Waals surface area contributed by atoms with E-state index in [1.54, 1.807) is 19.2 Å². The first-order valence-electron chi connectivity index (χ1n) is 5.33. The van der Waals surface area contributed by atoms with Crippen molar-refractivity contribution in [1.82, 2.24) is 4.90 Å². The second-order valence-electron chi connectivity index (χ2n) is 4.07. The van der Waals surface area contributed by atoms with Gasteiger partial charge in [-0.25, -0.2) is 0 Å². The largest absolute Gasteiger partial charge is 0.481 e. The molecule has 1 aromatic heterocycles. The number of thiophene rings is 1. The Morgan fingerprint density at radius 1 is 1.50 bits per heavy atom. The molecule has 1 aromatic rings. The van der Waals surface area contributed by atoms with E-state index in [0.29, 0.717) is 9.21 Å². The summed E-state index contributed by atoms with van der Waals surface area (Å²) in [4.78, 5) is 25.1. The van der Waals surface area contributed by atoms with Gasteiger partial charge in [0.15, 0.2) is 0 Å². The van der Waals surface area contributed by atoms with Gasteiger partial charge >= 0.3 is 5.97 Å². The Balaban J connectivity index is 2.13. The first kappa shape index (κ1) is 13.3. The minimum Gasteiger partial charge on any atom is -0.481 e. The number of rotatable bonds is 3. The third kappa shape index (κ3) is 2.50. The molecule has 1 aliphatic rings. The van der Waals surface area contributed by atoms with Crippen LogP contribution in [0, 0.1) is 5.92 Å². The van der Waals surface area contributed by atoms with Crippen LogP contribution in [0.3, 0.4) is 0 Å². The molecule has 2 heterocycles. The minimum absolute atomic E-state index is 0.142. The fourth-order valence-corrected chi connectivity index (χ4v) is 2.94. The Morgan fingerprint density at radius 3 is 2.78 bits per heavy atom. The minimum atomic E-state index is -0.943. The topological polar surface area (TPSA) is 66.8 Å². The number of likely N-dealkylation sites (N-methyl/N-ethyl adjacent to an activating group) is 1. The van der Waals surface area contributed by atoms with Gasteiger partial charge in [0.25, 0.3) is 5.91 Å². The summed E-state index contributed by atoms with van der Waals surface area (Å²) in [7, 11) is 1.59. The highest BCUT2D eigenvalue weighted by Gasteiger charge is 2.38. The summed E-state index contributed by atoms with van der Waals surface area (Å²) in [6.45, 7) is 0.390. The van der Waals surface area contributed by atoms with Gasteiger partial charge in [0.1, 0.15) is 5.92 Å². The highest BCUT2D eigenvalue weighted by atomic mass is 35.5. The van der Waals surface area contributed by atoms with Gasteiger partial charge in [-0.15, -0.1) is 11.3 Å². The molecule has 0 radical (unpaired) electrons. The number of carboxylic acid groups (broad SMARTS) is 1. The molecule has 18 heavy (non-hydrogen) atoms. The lowest BCUT2D eigenvalue weighted by Gasteiger charge is -2.25. The van der Waals surface area contributed by atoms with Crippen molar-refractivity contribution < 1.29 is 19.4 Å². The maximum Gasteiger partial charge on any atom is 0.311 e. The summed E-state index contributed by atoms with van der Waals surface area (Å²) < 4.78 is 5.68. The fourth-order valence-electron chi connectivity index (χ4n) is 1.91. The zero-order valence-electron chi connectivity index (χ0n) is 9.63. The molecule has 1 amide bonds. The lowest BCUT2D eigenvalue weighted by atomic mass is 10.0. The van der Waals surface area contributed by atoms with Crippen LogP contribution in [-0.2, 0) is 9.53 Å². The van der Waals surface area contributed by atoms with E-state index in [1.807, 2.05) is 0 Å². The molecule has 98 valence electrons. The van der Waals surface area contributed by atoms with Crippen molar-refractivity contribution in [2.24, 2.45) is 5.92 Å². The molecule has 2 unspecified atom stereocenters. The van der Waals surface area contributed by atoms with Crippen molar-refractivity contribution in [1.29, 1.82) is 0 Å². The fraction of sp³-hybridized carbons (Fsp3) is 0.455. The maximum absolute atomic E-state index is 12.1. The van der Waals surface area contributed by atoms with Gasteiger partial charge < -0.3 is 14.7 Å². The van der Waals surface area contributed by atoms with Crippen LogP contribution in [0.15, 0.2) is 12.1 Å². The van der Waals surface area contributed by atoms with E-state index in [4.69, 9.17) is 21.4 Å². The molecule has 0 aliphatic carbocycles. The lowest BCUT2D eigenvalue weighted by molar-refractivity contribution is -0.142. The van der Waals surface area contributed by atoms with Gasteiger partial charge in [-0.2, -0.15) is 0 Å². The second kappa shape index (κ2) is 5.26. The van der Waals surface area contributed by atoms with Crippen LogP contribution in [0.2, 0.25) is 4.34 Å². The molecule has 1 aliphatic heterocycles. The quantitative estimate of drug-likeness (QED) is 0.917. The predicted octanol–water partition coefficient (Wildman–Crippen LogP) is 1.57. The van der Waals surface area contributed by atoms with E-state index in [2.05, 4.69) is 0 Å². The van der Waals surface area contributed by atoms with Gasteiger partial charge in [-0.1, -0.05) is 11.6 Å². The van der Waals surface area contributed by atoms with Gasteiger partial charge in [0.05, 0.1) is 28.5 Å². The Hall–Kier alpha value is -1.11. The third-order valence-electron chi connectivity index (χ3n) is 2.97. The lowest BCUT2D eigenvalue weighted by Crippen LogP contribution is -2.43. The van der Waals surface area contributed by atoms with Crippen molar-refractivity contribution >= 4 is 34.8 Å². The molecule has 1 saturated heterocycles. The number of carbonyl (C=O) groups is 2. The van der Waals surface area contributed by atoms with Crippen LogP contribution in [0.1, 0.15) is 9.67 Å². The number of aliphatic carboxylic acids is 1. The van der Waals surface area contributed by atoms with E-state index in [-0.39, 0.29) is 19.1 Å². The molecular weight excluding hydrogens is 278 g/mol. The summed E-state index contributed by atoms with van der Waals surface area (Å²) in [5, 5.41) is 9.05. The normalized spacial score (nSPS) is 23.0. The summed E-state index contributed by atoms with van der Waals surface area (Å²) in [5.41, 5.74) is 0. The number of carbonyl (C=O) groups excluding carboxylic acids is 1. The standard InChI is InChI=1S/C11H12ClNO4S/c1-13(7-5-17-4-6(7)11(15)16)10(14)8-2-3-9(12)18-8/h2-3,6-7H,4-5H2,1H3,(H,15,16). The Morgan fingerprint density at radius 2 is 2.22 bits per heavy atom. The van der Waals surface area contributed by atoms with Crippen LogP contribution < -0.4 is 0 Å². The molecule has 2 rings (SSSR count). The molecule has 1 N–H and O–H groups in total. The number of hydrogen-bond donors (Lipinski definition) is 1. The average molecular weight is 290 g/mol. The predicted molar refractivity (Wildman–Crippen MR) is 67.2 cm³/mol. The summed E-state index contributed by atoms with van der Waals surface area (Å²) in [6, 6.07) is 2.85. The Bertz CT molecular complexity index is 475. The third-order valence-corrected chi connectivity index (χ3v) is 4.19. The molecule has 0 bridgehead atoms. The van der Waals surface area contributed by atoms with Crippen molar-refractivity contribution in [3.05, 3.63) is 21.3 Å². The molecule has 5 nitrogen and oxygen atoms in total. The number of amides is 1. The first-order chi connectivity index (χ1) is 8.50. The van der Waals surface area contributed by atoms with E-state index in [9.17, 15) is 9.59 Å².